The number of sulfone groups is 1. The summed E-state index contributed by atoms with van der Waals surface area (Å²) >= 11 is 0. The van der Waals surface area contributed by atoms with Crippen molar-refractivity contribution < 1.29 is 17.9 Å². The summed E-state index contributed by atoms with van der Waals surface area (Å²) in [4.78, 5) is 17.1. The van der Waals surface area contributed by atoms with Gasteiger partial charge in [0.15, 0.2) is 0 Å². The van der Waals surface area contributed by atoms with Crippen LogP contribution in [-0.4, -0.2) is 26.0 Å². The van der Waals surface area contributed by atoms with E-state index in [0.29, 0.717) is 22.2 Å². The maximum Gasteiger partial charge on any atom is 0.338 e. The van der Waals surface area contributed by atoms with E-state index in [-0.39, 0.29) is 16.4 Å². The number of fused-ring (bicyclic) bond motifs is 2. The molecule has 0 bridgehead atoms. The van der Waals surface area contributed by atoms with Gasteiger partial charge in [0.2, 0.25) is 9.84 Å². The van der Waals surface area contributed by atoms with Crippen molar-refractivity contribution in [3.05, 3.63) is 84.1 Å². The first-order chi connectivity index (χ1) is 16.9. The van der Waals surface area contributed by atoms with Crippen LogP contribution in [0.5, 0.6) is 0 Å². The lowest BCUT2D eigenvalue weighted by Crippen LogP contribution is -2.33. The number of aromatic nitrogens is 1. The Morgan fingerprint density at radius 3 is 2.54 bits per heavy atom. The molecule has 35 heavy (non-hydrogen) atoms. The standard InChI is InChI=1S/C26H24N4O4S/c1-3-17-9-12-19(13-10-17)35(32,33)24-16-27-21-14-11-18(26(31)34-4-2)15-20(21)25(24)30-23-8-6-5-7-22(23)28-29-30/h5-16,28-29H,3-4H2,1-2H3. The van der Waals surface area contributed by atoms with Crippen LogP contribution >= 0.6 is 0 Å². The van der Waals surface area contributed by atoms with Gasteiger partial charge < -0.3 is 10.2 Å². The summed E-state index contributed by atoms with van der Waals surface area (Å²) in [6, 6.07) is 19.3. The molecule has 2 heterocycles. The summed E-state index contributed by atoms with van der Waals surface area (Å²) in [6.45, 7) is 3.98. The third kappa shape index (κ3) is 3.98. The molecule has 1 aliphatic rings. The topological polar surface area (TPSA) is 101 Å². The van der Waals surface area contributed by atoms with E-state index in [4.69, 9.17) is 4.74 Å². The Hall–Kier alpha value is -3.95. The van der Waals surface area contributed by atoms with Crippen molar-refractivity contribution in [1.29, 1.82) is 0 Å². The van der Waals surface area contributed by atoms with E-state index in [1.165, 1.54) is 6.20 Å². The van der Waals surface area contributed by atoms with Gasteiger partial charge >= 0.3 is 5.97 Å². The number of anilines is 3. The summed E-state index contributed by atoms with van der Waals surface area (Å²) in [5.74, 6) is -0.489. The number of nitrogens with one attached hydrogen (secondary N) is 2. The van der Waals surface area contributed by atoms with Crippen LogP contribution in [0.25, 0.3) is 10.9 Å². The number of rotatable bonds is 6. The normalized spacial score (nSPS) is 12.9. The Morgan fingerprint density at radius 1 is 1.03 bits per heavy atom. The molecular formula is C26H24N4O4S. The molecule has 0 aliphatic carbocycles. The van der Waals surface area contributed by atoms with Crippen molar-refractivity contribution in [2.24, 2.45) is 0 Å². The molecular weight excluding hydrogens is 464 g/mol. The molecule has 8 nitrogen and oxygen atoms in total. The Kier molecular flexibility index (Phi) is 5.88. The Balaban J connectivity index is 1.77. The third-order valence-electron chi connectivity index (χ3n) is 5.92. The highest BCUT2D eigenvalue weighted by molar-refractivity contribution is 7.91. The average molecular weight is 489 g/mol. The number of benzene rings is 3. The Morgan fingerprint density at radius 2 is 1.80 bits per heavy atom. The molecule has 4 aromatic rings. The Bertz CT molecular complexity index is 1540. The smallest absolute Gasteiger partial charge is 0.338 e. The highest BCUT2D eigenvalue weighted by Crippen LogP contribution is 2.42. The molecule has 0 spiro atoms. The SMILES string of the molecule is CCOC(=O)c1ccc2ncc(S(=O)(=O)c3ccc(CC)cc3)c(N3NNc4ccccc43)c2c1. The zero-order chi connectivity index (χ0) is 24.6. The number of carbonyl (C=O) groups is 1. The molecule has 3 aromatic carbocycles. The quantitative estimate of drug-likeness (QED) is 0.374. The van der Waals surface area contributed by atoms with E-state index in [0.717, 1.165) is 23.4 Å². The molecule has 1 aliphatic heterocycles. The van der Waals surface area contributed by atoms with Gasteiger partial charge in [-0.05, 0) is 61.4 Å². The first-order valence-electron chi connectivity index (χ1n) is 11.3. The van der Waals surface area contributed by atoms with Crippen LogP contribution in [-0.2, 0) is 21.0 Å². The maximum atomic E-state index is 13.9. The number of hydrogen-bond donors (Lipinski definition) is 2. The second kappa shape index (κ2) is 9.01. The van der Waals surface area contributed by atoms with Gasteiger partial charge in [-0.15, -0.1) is 5.53 Å². The molecule has 0 saturated carbocycles. The van der Waals surface area contributed by atoms with Crippen LogP contribution in [0, 0.1) is 0 Å². The molecule has 0 amide bonds. The highest BCUT2D eigenvalue weighted by Gasteiger charge is 2.31. The molecule has 0 unspecified atom stereocenters. The van der Waals surface area contributed by atoms with Crippen molar-refractivity contribution >= 4 is 43.8 Å². The van der Waals surface area contributed by atoms with Gasteiger partial charge in [0, 0.05) is 11.6 Å². The second-order valence-electron chi connectivity index (χ2n) is 8.01. The largest absolute Gasteiger partial charge is 0.462 e. The van der Waals surface area contributed by atoms with Crippen molar-refractivity contribution in [2.45, 2.75) is 30.1 Å². The van der Waals surface area contributed by atoms with E-state index in [1.807, 2.05) is 43.3 Å². The first kappa shape index (κ1) is 22.8. The van der Waals surface area contributed by atoms with E-state index in [2.05, 4.69) is 15.9 Å². The summed E-state index contributed by atoms with van der Waals surface area (Å²) in [5.41, 5.74) is 9.91. The van der Waals surface area contributed by atoms with Crippen molar-refractivity contribution in [3.63, 3.8) is 0 Å². The fraction of sp³-hybridized carbons (Fsp3) is 0.154. The number of hydrazine groups is 2. The summed E-state index contributed by atoms with van der Waals surface area (Å²) in [7, 11) is -3.96. The molecule has 9 heteroatoms. The monoisotopic (exact) mass is 488 g/mol. The van der Waals surface area contributed by atoms with Crippen LogP contribution in [0.1, 0.15) is 29.8 Å². The van der Waals surface area contributed by atoms with Gasteiger partial charge in [0.25, 0.3) is 0 Å². The summed E-state index contributed by atoms with van der Waals surface area (Å²) in [5, 5.41) is 2.16. The zero-order valence-electron chi connectivity index (χ0n) is 19.3. The number of pyridine rings is 1. The Labute approximate surface area is 203 Å². The van der Waals surface area contributed by atoms with E-state index >= 15 is 0 Å². The lowest BCUT2D eigenvalue weighted by atomic mass is 10.1. The molecule has 0 saturated heterocycles. The fourth-order valence-electron chi connectivity index (χ4n) is 4.09. The zero-order valence-corrected chi connectivity index (χ0v) is 20.1. The number of nitrogens with zero attached hydrogens (tertiary/aromatic N) is 2. The molecule has 0 radical (unpaired) electrons. The van der Waals surface area contributed by atoms with E-state index in [1.54, 1.807) is 42.3 Å². The van der Waals surface area contributed by atoms with Gasteiger partial charge in [0.05, 0.1) is 39.6 Å². The van der Waals surface area contributed by atoms with E-state index in [9.17, 15) is 13.2 Å². The number of aryl methyl sites for hydroxylation is 1. The van der Waals surface area contributed by atoms with Crippen molar-refractivity contribution in [2.75, 3.05) is 17.0 Å². The fourth-order valence-corrected chi connectivity index (χ4v) is 5.48. The third-order valence-corrected chi connectivity index (χ3v) is 7.69. The van der Waals surface area contributed by atoms with Gasteiger partial charge in [-0.3, -0.25) is 9.99 Å². The predicted octanol–water partition coefficient (Wildman–Crippen LogP) is 4.79. The van der Waals surface area contributed by atoms with E-state index < -0.39 is 15.8 Å². The molecule has 0 fully saturated rings. The van der Waals surface area contributed by atoms with Gasteiger partial charge in [-0.2, -0.15) is 0 Å². The van der Waals surface area contributed by atoms with Gasteiger partial charge in [-0.25, -0.2) is 13.2 Å². The van der Waals surface area contributed by atoms with Crippen LogP contribution in [0.15, 0.2) is 82.7 Å². The molecule has 0 atom stereocenters. The average Bonchev–Trinajstić information content (AvgIpc) is 3.31. The molecule has 1 aromatic heterocycles. The lowest BCUT2D eigenvalue weighted by molar-refractivity contribution is 0.0526. The van der Waals surface area contributed by atoms with Gasteiger partial charge in [-0.1, -0.05) is 31.2 Å². The maximum absolute atomic E-state index is 13.9. The first-order valence-corrected chi connectivity index (χ1v) is 12.8. The number of esters is 1. The minimum Gasteiger partial charge on any atom is -0.462 e. The summed E-state index contributed by atoms with van der Waals surface area (Å²) in [6.07, 6.45) is 2.17. The molecule has 2 N–H and O–H groups in total. The number of carbonyl (C=O) groups excluding carboxylic acids is 1. The lowest BCUT2D eigenvalue weighted by Gasteiger charge is -2.23. The van der Waals surface area contributed by atoms with Crippen LogP contribution in [0.3, 0.4) is 0 Å². The minimum atomic E-state index is -3.96. The van der Waals surface area contributed by atoms with Crippen LogP contribution in [0.2, 0.25) is 0 Å². The van der Waals surface area contributed by atoms with Crippen LogP contribution in [0.4, 0.5) is 17.1 Å². The number of para-hydroxylation sites is 2. The number of hydrogen-bond acceptors (Lipinski definition) is 8. The minimum absolute atomic E-state index is 0.0151. The van der Waals surface area contributed by atoms with Crippen molar-refractivity contribution in [3.8, 4) is 0 Å². The van der Waals surface area contributed by atoms with Crippen LogP contribution < -0.4 is 16.0 Å². The number of ether oxygens (including phenoxy) is 1. The van der Waals surface area contributed by atoms with Gasteiger partial charge in [0.1, 0.15) is 4.90 Å². The predicted molar refractivity (Wildman–Crippen MR) is 134 cm³/mol. The second-order valence-corrected chi connectivity index (χ2v) is 9.93. The summed E-state index contributed by atoms with van der Waals surface area (Å²) < 4.78 is 32.9. The van der Waals surface area contributed by atoms with Crippen molar-refractivity contribution in [1.82, 2.24) is 10.5 Å². The highest BCUT2D eigenvalue weighted by atomic mass is 32.2. The molecule has 178 valence electrons. The molecule has 5 rings (SSSR count).